The van der Waals surface area contributed by atoms with E-state index in [9.17, 15) is 27.2 Å². The van der Waals surface area contributed by atoms with Crippen molar-refractivity contribution in [3.05, 3.63) is 47.9 Å². The van der Waals surface area contributed by atoms with Gasteiger partial charge in [0.25, 0.3) is 5.91 Å². The van der Waals surface area contributed by atoms with Crippen LogP contribution >= 0.6 is 0 Å². The first-order chi connectivity index (χ1) is 18.7. The molecule has 11 heteroatoms. The molecular formula is C29H36F4N4O3. The molecule has 0 spiro atoms. The third kappa shape index (κ3) is 6.24. The smallest absolute Gasteiger partial charge is 0.395 e. The van der Waals surface area contributed by atoms with Gasteiger partial charge in [0.1, 0.15) is 17.1 Å². The van der Waals surface area contributed by atoms with Gasteiger partial charge < -0.3 is 20.3 Å². The highest BCUT2D eigenvalue weighted by molar-refractivity contribution is 5.99. The lowest BCUT2D eigenvalue weighted by Gasteiger charge is -2.38. The Morgan fingerprint density at radius 3 is 2.40 bits per heavy atom. The van der Waals surface area contributed by atoms with Gasteiger partial charge in [-0.3, -0.25) is 14.6 Å². The molecule has 3 heterocycles. The fraction of sp³-hybridized carbons (Fsp3) is 0.552. The maximum Gasteiger partial charge on any atom is 0.395 e. The standard InChI is InChI=1S/C29H36F4N4O3/c1-27(2,29(31,32)33)18-36-13-9-19(10-14-36)17-40-21-6-8-24(35-16-21)20-5-7-22(23(30)15-20)25(38)37-12-4-11-28(37,3)26(34)39/h5-8,15-16,19H,4,9-14,17-18H2,1-3H3,(H2,34,39). The van der Waals surface area contributed by atoms with Gasteiger partial charge in [-0.25, -0.2) is 4.39 Å². The van der Waals surface area contributed by atoms with Crippen molar-refractivity contribution in [2.45, 2.75) is 58.2 Å². The number of benzene rings is 1. The Hall–Kier alpha value is -3.21. The van der Waals surface area contributed by atoms with Crippen LogP contribution in [0.1, 0.15) is 56.8 Å². The predicted molar refractivity (Wildman–Crippen MR) is 142 cm³/mol. The Morgan fingerprint density at radius 1 is 1.12 bits per heavy atom. The highest BCUT2D eigenvalue weighted by Gasteiger charge is 2.48. The number of ether oxygens (including phenoxy) is 1. The zero-order valence-corrected chi connectivity index (χ0v) is 23.1. The first-order valence-electron chi connectivity index (χ1n) is 13.5. The minimum Gasteiger partial charge on any atom is -0.492 e. The second-order valence-electron chi connectivity index (χ2n) is 11.7. The number of nitrogens with two attached hydrogens (primary N) is 1. The van der Waals surface area contributed by atoms with Gasteiger partial charge in [0.05, 0.1) is 29.5 Å². The summed E-state index contributed by atoms with van der Waals surface area (Å²) in [6, 6.07) is 7.65. The molecule has 2 aromatic rings. The molecule has 2 amide bonds. The summed E-state index contributed by atoms with van der Waals surface area (Å²) in [4.78, 5) is 32.5. The molecule has 0 radical (unpaired) electrons. The third-order valence-corrected chi connectivity index (χ3v) is 8.23. The first kappa shape index (κ1) is 29.8. The molecule has 1 unspecified atom stereocenters. The predicted octanol–water partition coefficient (Wildman–Crippen LogP) is 5.05. The Morgan fingerprint density at radius 2 is 1.82 bits per heavy atom. The van der Waals surface area contributed by atoms with Crippen LogP contribution in [0.2, 0.25) is 0 Å². The van der Waals surface area contributed by atoms with Crippen LogP contribution in [0, 0.1) is 17.2 Å². The van der Waals surface area contributed by atoms with Gasteiger partial charge in [0.2, 0.25) is 5.91 Å². The summed E-state index contributed by atoms with van der Waals surface area (Å²) in [5.41, 5.74) is 3.47. The highest BCUT2D eigenvalue weighted by Crippen LogP contribution is 2.39. The molecule has 1 aromatic carbocycles. The number of halogens is 4. The lowest BCUT2D eigenvalue weighted by Crippen LogP contribution is -2.54. The maximum atomic E-state index is 15.0. The van der Waals surface area contributed by atoms with Crippen LogP contribution in [0.5, 0.6) is 5.75 Å². The number of amides is 2. The number of carbonyl (C=O) groups excluding carboxylic acids is 2. The van der Waals surface area contributed by atoms with Gasteiger partial charge in [-0.2, -0.15) is 13.2 Å². The van der Waals surface area contributed by atoms with E-state index in [1.807, 2.05) is 4.90 Å². The van der Waals surface area contributed by atoms with E-state index in [0.29, 0.717) is 56.1 Å². The van der Waals surface area contributed by atoms with Gasteiger partial charge in [0, 0.05) is 18.7 Å². The molecule has 7 nitrogen and oxygen atoms in total. The van der Waals surface area contributed by atoms with Crippen LogP contribution < -0.4 is 10.5 Å². The van der Waals surface area contributed by atoms with Crippen LogP contribution in [0.25, 0.3) is 11.3 Å². The molecule has 218 valence electrons. The average molecular weight is 565 g/mol. The summed E-state index contributed by atoms with van der Waals surface area (Å²) >= 11 is 0. The Labute approximate surface area is 231 Å². The summed E-state index contributed by atoms with van der Waals surface area (Å²) in [5, 5.41) is 0. The van der Waals surface area contributed by atoms with E-state index in [1.54, 1.807) is 25.1 Å². The molecule has 2 saturated heterocycles. The van der Waals surface area contributed by atoms with E-state index in [1.165, 1.54) is 37.1 Å². The Kier molecular flexibility index (Phi) is 8.44. The quantitative estimate of drug-likeness (QED) is 0.454. The summed E-state index contributed by atoms with van der Waals surface area (Å²) in [7, 11) is 0. The van der Waals surface area contributed by atoms with E-state index >= 15 is 0 Å². The van der Waals surface area contributed by atoms with E-state index in [0.717, 1.165) is 12.8 Å². The number of aromatic nitrogens is 1. The van der Waals surface area contributed by atoms with E-state index in [-0.39, 0.29) is 18.0 Å². The van der Waals surface area contributed by atoms with Gasteiger partial charge in [0.15, 0.2) is 0 Å². The van der Waals surface area contributed by atoms with Crippen LogP contribution in [-0.2, 0) is 4.79 Å². The number of primary amides is 1. The van der Waals surface area contributed by atoms with Gasteiger partial charge >= 0.3 is 6.18 Å². The SMILES string of the molecule is CC1(C(N)=O)CCCN1C(=O)c1ccc(-c2ccc(OCC3CCN(CC(C)(C)C(F)(F)F)CC3)cn2)cc1F. The monoisotopic (exact) mass is 564 g/mol. The van der Waals surface area contributed by atoms with Crippen molar-refractivity contribution in [1.82, 2.24) is 14.8 Å². The fourth-order valence-electron chi connectivity index (χ4n) is 5.35. The highest BCUT2D eigenvalue weighted by atomic mass is 19.4. The van der Waals surface area contributed by atoms with Crippen molar-refractivity contribution >= 4 is 11.8 Å². The normalized spacial score (nSPS) is 21.0. The lowest BCUT2D eigenvalue weighted by molar-refractivity contribution is -0.217. The molecule has 1 aromatic heterocycles. The summed E-state index contributed by atoms with van der Waals surface area (Å²) in [5.74, 6) is -1.13. The number of likely N-dealkylation sites (tertiary alicyclic amines) is 2. The number of hydrogen-bond donors (Lipinski definition) is 1. The molecule has 2 aliphatic heterocycles. The largest absolute Gasteiger partial charge is 0.492 e. The fourth-order valence-corrected chi connectivity index (χ4v) is 5.35. The van der Waals surface area contributed by atoms with Crippen molar-refractivity contribution in [3.63, 3.8) is 0 Å². The second kappa shape index (κ2) is 11.3. The number of rotatable bonds is 8. The minimum absolute atomic E-state index is 0.0177. The maximum absolute atomic E-state index is 15.0. The number of pyridine rings is 1. The Balaban J connectivity index is 1.31. The number of carbonyl (C=O) groups is 2. The van der Waals surface area contributed by atoms with Crippen LogP contribution in [-0.4, -0.2) is 71.1 Å². The molecule has 0 aliphatic carbocycles. The van der Waals surface area contributed by atoms with Gasteiger partial charge in [-0.1, -0.05) is 6.07 Å². The zero-order chi connectivity index (χ0) is 29.3. The number of alkyl halides is 3. The van der Waals surface area contributed by atoms with Crippen molar-refractivity contribution in [2.75, 3.05) is 32.8 Å². The minimum atomic E-state index is -4.24. The molecule has 1 atom stereocenters. The molecule has 40 heavy (non-hydrogen) atoms. The second-order valence-corrected chi connectivity index (χ2v) is 11.7. The van der Waals surface area contributed by atoms with Gasteiger partial charge in [-0.15, -0.1) is 0 Å². The summed E-state index contributed by atoms with van der Waals surface area (Å²) < 4.78 is 60.4. The molecular weight excluding hydrogens is 528 g/mol. The van der Waals surface area contributed by atoms with E-state index in [4.69, 9.17) is 10.5 Å². The van der Waals surface area contributed by atoms with E-state index < -0.39 is 34.8 Å². The van der Waals surface area contributed by atoms with E-state index in [2.05, 4.69) is 4.98 Å². The van der Waals surface area contributed by atoms with Crippen LogP contribution in [0.15, 0.2) is 36.5 Å². The zero-order valence-electron chi connectivity index (χ0n) is 23.1. The van der Waals surface area contributed by atoms with Gasteiger partial charge in [-0.05, 0) is 89.7 Å². The molecule has 4 rings (SSSR count). The molecule has 2 aliphatic rings. The van der Waals surface area contributed by atoms with Crippen molar-refractivity contribution in [2.24, 2.45) is 17.1 Å². The number of nitrogens with zero attached hydrogens (tertiary/aromatic N) is 3. The van der Waals surface area contributed by atoms with Crippen molar-refractivity contribution < 1.29 is 31.9 Å². The average Bonchev–Trinajstić information content (AvgIpc) is 3.30. The molecule has 0 bridgehead atoms. The number of hydrogen-bond acceptors (Lipinski definition) is 5. The van der Waals surface area contributed by atoms with Crippen LogP contribution in [0.4, 0.5) is 17.6 Å². The molecule has 0 saturated carbocycles. The lowest BCUT2D eigenvalue weighted by atomic mass is 9.89. The first-order valence-corrected chi connectivity index (χ1v) is 13.5. The Bertz CT molecular complexity index is 1230. The summed E-state index contributed by atoms with van der Waals surface area (Å²) in [6.45, 7) is 6.00. The number of piperidine rings is 1. The third-order valence-electron chi connectivity index (χ3n) is 8.23. The topological polar surface area (TPSA) is 88.8 Å². The van der Waals surface area contributed by atoms with Crippen molar-refractivity contribution in [1.29, 1.82) is 0 Å². The summed E-state index contributed by atoms with van der Waals surface area (Å²) in [6.07, 6.45) is -0.150. The molecule has 2 fully saturated rings. The van der Waals surface area contributed by atoms with Crippen molar-refractivity contribution in [3.8, 4) is 17.0 Å². The molecule has 2 N–H and O–H groups in total. The van der Waals surface area contributed by atoms with Crippen LogP contribution in [0.3, 0.4) is 0 Å².